The van der Waals surface area contributed by atoms with Gasteiger partial charge in [-0.2, -0.15) is 5.10 Å². The molecule has 2 aliphatic heterocycles. The molecule has 7 nitrogen and oxygen atoms in total. The predicted molar refractivity (Wildman–Crippen MR) is 105 cm³/mol. The van der Waals surface area contributed by atoms with Crippen molar-refractivity contribution >= 4 is 11.8 Å². The van der Waals surface area contributed by atoms with E-state index in [4.69, 9.17) is 0 Å². The van der Waals surface area contributed by atoms with Crippen LogP contribution in [0.25, 0.3) is 11.3 Å². The molecule has 2 amide bonds. The Morgan fingerprint density at radius 2 is 2.11 bits per heavy atom. The van der Waals surface area contributed by atoms with Gasteiger partial charge in [-0.3, -0.25) is 14.7 Å². The van der Waals surface area contributed by atoms with Crippen molar-refractivity contribution in [1.82, 2.24) is 20.0 Å². The van der Waals surface area contributed by atoms with Crippen LogP contribution in [0.15, 0.2) is 30.3 Å². The molecule has 0 unspecified atom stereocenters. The number of carbonyl (C=O) groups is 2. The lowest BCUT2D eigenvalue weighted by Gasteiger charge is -2.48. The number of phenolic OH excluding ortho intramolecular Hbond substituents is 1. The number of hydrogen-bond acceptors (Lipinski definition) is 4. The highest BCUT2D eigenvalue weighted by Gasteiger charge is 2.42. The van der Waals surface area contributed by atoms with Crippen molar-refractivity contribution in [3.63, 3.8) is 0 Å². The van der Waals surface area contributed by atoms with Crippen LogP contribution in [-0.4, -0.2) is 63.1 Å². The minimum absolute atomic E-state index is 0.00161. The van der Waals surface area contributed by atoms with E-state index in [0.717, 1.165) is 32.4 Å². The summed E-state index contributed by atoms with van der Waals surface area (Å²) in [6, 6.07) is 8.64. The molecule has 0 aliphatic carbocycles. The van der Waals surface area contributed by atoms with Crippen LogP contribution < -0.4 is 0 Å². The summed E-state index contributed by atoms with van der Waals surface area (Å²) in [5.74, 6) is 0.280. The summed E-state index contributed by atoms with van der Waals surface area (Å²) in [4.78, 5) is 29.0. The highest BCUT2D eigenvalue weighted by molar-refractivity contribution is 5.93. The number of hydrogen-bond donors (Lipinski definition) is 2. The van der Waals surface area contributed by atoms with Crippen molar-refractivity contribution in [1.29, 1.82) is 0 Å². The van der Waals surface area contributed by atoms with Gasteiger partial charge in [0.2, 0.25) is 5.91 Å². The summed E-state index contributed by atoms with van der Waals surface area (Å²) in [6.45, 7) is 4.84. The first-order chi connectivity index (χ1) is 13.5. The first-order valence-corrected chi connectivity index (χ1v) is 9.92. The monoisotopic (exact) mass is 382 g/mol. The second kappa shape index (κ2) is 7.30. The molecule has 2 aliphatic rings. The summed E-state index contributed by atoms with van der Waals surface area (Å²) in [6.07, 6.45) is 3.40. The largest absolute Gasteiger partial charge is 0.507 e. The molecule has 1 atom stereocenters. The Balaban J connectivity index is 1.51. The van der Waals surface area contributed by atoms with E-state index in [-0.39, 0.29) is 23.0 Å². The third kappa shape index (κ3) is 3.37. The molecule has 0 radical (unpaired) electrons. The van der Waals surface area contributed by atoms with Gasteiger partial charge in [-0.05, 0) is 44.4 Å². The van der Waals surface area contributed by atoms with E-state index in [1.165, 1.54) is 0 Å². The maximum Gasteiger partial charge on any atom is 0.271 e. The standard InChI is InChI=1S/C21H26N4O3/c1-2-24-13-21(10-8-19(24)27)9-5-11-25(14-21)20(28)17-12-16(22-23-17)15-6-3-4-7-18(15)26/h3-4,6-7,12,26H,2,5,8-11,13-14H2,1H3,(H,22,23)/t21-/m0/s1. The molecule has 7 heteroatoms. The lowest BCUT2D eigenvalue weighted by atomic mass is 9.73. The summed E-state index contributed by atoms with van der Waals surface area (Å²) >= 11 is 0. The van der Waals surface area contributed by atoms with Gasteiger partial charge in [-0.15, -0.1) is 0 Å². The maximum atomic E-state index is 13.1. The molecule has 3 heterocycles. The number of likely N-dealkylation sites (tertiary alicyclic amines) is 2. The number of benzene rings is 1. The predicted octanol–water partition coefficient (Wildman–Crippen LogP) is 2.65. The van der Waals surface area contributed by atoms with Crippen molar-refractivity contribution in [2.24, 2.45) is 5.41 Å². The Labute approximate surface area is 164 Å². The zero-order valence-corrected chi connectivity index (χ0v) is 16.1. The first kappa shape index (κ1) is 18.5. The second-order valence-electron chi connectivity index (χ2n) is 7.92. The number of nitrogens with zero attached hydrogens (tertiary/aromatic N) is 3. The van der Waals surface area contributed by atoms with Crippen LogP contribution in [0, 0.1) is 5.41 Å². The van der Waals surface area contributed by atoms with Crippen LogP contribution in [0.5, 0.6) is 5.75 Å². The fourth-order valence-corrected chi connectivity index (χ4v) is 4.53. The first-order valence-electron chi connectivity index (χ1n) is 9.92. The highest BCUT2D eigenvalue weighted by Crippen LogP contribution is 2.39. The van der Waals surface area contributed by atoms with Crippen LogP contribution in [0.2, 0.25) is 0 Å². The number of aromatic nitrogens is 2. The number of aromatic hydroxyl groups is 1. The molecule has 0 saturated carbocycles. The van der Waals surface area contributed by atoms with Gasteiger partial charge in [-0.25, -0.2) is 0 Å². The third-order valence-electron chi connectivity index (χ3n) is 6.07. The molecule has 2 fully saturated rings. The molecule has 28 heavy (non-hydrogen) atoms. The molecular weight excluding hydrogens is 356 g/mol. The van der Waals surface area contributed by atoms with E-state index in [1.54, 1.807) is 24.3 Å². The summed E-state index contributed by atoms with van der Waals surface area (Å²) in [5, 5.41) is 17.1. The van der Waals surface area contributed by atoms with Gasteiger partial charge >= 0.3 is 0 Å². The minimum Gasteiger partial charge on any atom is -0.507 e. The van der Waals surface area contributed by atoms with Crippen molar-refractivity contribution in [2.75, 3.05) is 26.2 Å². The van der Waals surface area contributed by atoms with E-state index in [1.807, 2.05) is 22.8 Å². The topological polar surface area (TPSA) is 89.5 Å². The van der Waals surface area contributed by atoms with E-state index in [2.05, 4.69) is 10.2 Å². The molecule has 1 aromatic heterocycles. The Morgan fingerprint density at radius 3 is 2.89 bits per heavy atom. The zero-order chi connectivity index (χ0) is 19.7. The van der Waals surface area contributed by atoms with Gasteiger partial charge in [0.1, 0.15) is 11.4 Å². The lowest BCUT2D eigenvalue weighted by molar-refractivity contribution is -0.138. The fraction of sp³-hybridized carbons (Fsp3) is 0.476. The van der Waals surface area contributed by atoms with Crippen LogP contribution in [-0.2, 0) is 4.79 Å². The average molecular weight is 382 g/mol. The minimum atomic E-state index is -0.0757. The third-order valence-corrected chi connectivity index (χ3v) is 6.07. The van der Waals surface area contributed by atoms with Crippen LogP contribution in [0.3, 0.4) is 0 Å². The van der Waals surface area contributed by atoms with Crippen LogP contribution in [0.1, 0.15) is 43.1 Å². The van der Waals surface area contributed by atoms with E-state index in [0.29, 0.717) is 36.5 Å². The number of amides is 2. The Hall–Kier alpha value is -2.83. The molecule has 1 aromatic carbocycles. The molecule has 2 aromatic rings. The number of phenols is 1. The number of nitrogens with one attached hydrogen (secondary N) is 1. The van der Waals surface area contributed by atoms with Gasteiger partial charge < -0.3 is 14.9 Å². The normalized spacial score (nSPS) is 22.7. The number of carbonyl (C=O) groups excluding carboxylic acids is 2. The van der Waals surface area contributed by atoms with Gasteiger partial charge in [0.15, 0.2) is 0 Å². The molecule has 148 valence electrons. The Kier molecular flexibility index (Phi) is 4.83. The molecule has 2 N–H and O–H groups in total. The zero-order valence-electron chi connectivity index (χ0n) is 16.1. The van der Waals surface area contributed by atoms with Crippen molar-refractivity contribution in [3.05, 3.63) is 36.0 Å². The number of para-hydroxylation sites is 1. The van der Waals surface area contributed by atoms with Crippen molar-refractivity contribution in [2.45, 2.75) is 32.6 Å². The Morgan fingerprint density at radius 1 is 1.29 bits per heavy atom. The quantitative estimate of drug-likeness (QED) is 0.854. The number of piperidine rings is 2. The molecule has 4 rings (SSSR count). The number of H-pyrrole nitrogens is 1. The average Bonchev–Trinajstić information content (AvgIpc) is 3.20. The van der Waals surface area contributed by atoms with Gasteiger partial charge in [0, 0.05) is 43.6 Å². The van der Waals surface area contributed by atoms with Crippen molar-refractivity contribution < 1.29 is 14.7 Å². The van der Waals surface area contributed by atoms with E-state index >= 15 is 0 Å². The van der Waals surface area contributed by atoms with E-state index < -0.39 is 0 Å². The Bertz CT molecular complexity index is 893. The SMILES string of the molecule is CCN1C[C@]2(CCCN(C(=O)c3cc(-c4ccccc4O)n[nH]3)C2)CCC1=O. The lowest BCUT2D eigenvalue weighted by Crippen LogP contribution is -2.55. The summed E-state index contributed by atoms with van der Waals surface area (Å²) in [5.41, 5.74) is 1.57. The fourth-order valence-electron chi connectivity index (χ4n) is 4.53. The van der Waals surface area contributed by atoms with Gasteiger partial charge in [0.05, 0.1) is 5.69 Å². The number of rotatable bonds is 3. The molecular formula is C21H26N4O3. The van der Waals surface area contributed by atoms with Crippen LogP contribution >= 0.6 is 0 Å². The van der Waals surface area contributed by atoms with E-state index in [9.17, 15) is 14.7 Å². The van der Waals surface area contributed by atoms with Crippen molar-refractivity contribution in [3.8, 4) is 17.0 Å². The maximum absolute atomic E-state index is 13.1. The summed E-state index contributed by atoms with van der Waals surface area (Å²) < 4.78 is 0. The molecule has 2 saturated heterocycles. The van der Waals surface area contributed by atoms with Gasteiger partial charge in [-0.1, -0.05) is 12.1 Å². The highest BCUT2D eigenvalue weighted by atomic mass is 16.3. The second-order valence-corrected chi connectivity index (χ2v) is 7.92. The van der Waals surface area contributed by atoms with Crippen LogP contribution in [0.4, 0.5) is 0 Å². The summed E-state index contributed by atoms with van der Waals surface area (Å²) in [7, 11) is 0. The smallest absolute Gasteiger partial charge is 0.271 e. The molecule has 1 spiro atoms. The molecule has 0 bridgehead atoms. The number of aromatic amines is 1. The van der Waals surface area contributed by atoms with Gasteiger partial charge in [0.25, 0.3) is 5.91 Å².